The van der Waals surface area contributed by atoms with Gasteiger partial charge in [0, 0.05) is 80.2 Å². The average Bonchev–Trinajstić information content (AvgIpc) is 3.73. The number of amides is 2. The number of nitrogens with two attached hydrogens (primary N) is 1. The summed E-state index contributed by atoms with van der Waals surface area (Å²) in [6, 6.07) is 32.0. The van der Waals surface area contributed by atoms with Crippen LogP contribution in [-0.2, 0) is 24.4 Å². The van der Waals surface area contributed by atoms with Crippen molar-refractivity contribution in [1.29, 1.82) is 0 Å². The normalized spacial score (nSPS) is 11.5. The van der Waals surface area contributed by atoms with Gasteiger partial charge in [-0.2, -0.15) is 0 Å². The standard InChI is InChI=1S/C28H26ClF3N4O2.C16H15ClN2/c1-4-36-22-10-9-18(12-17(22)13-23(36)19-7-5-6-8-21(19)29)35-26(37)20-11-16(14-33-24(20)25(30)31)15-34-27(38)28(2,3)32;1-2-19-15-8-7-12(18)9-11(15)10-16(19)13-5-3-4-6-14(13)17/h5-14,25H,4,15H2,1-3H3,(H,34,38)(H,35,37);3-10H,2,18H2,1H3. The van der Waals surface area contributed by atoms with Crippen LogP contribution in [0.25, 0.3) is 44.3 Å². The topological polar surface area (TPSA) is 107 Å². The lowest BCUT2D eigenvalue weighted by molar-refractivity contribution is -0.130. The molecule has 4 aromatic carbocycles. The Morgan fingerprint density at radius 2 is 1.33 bits per heavy atom. The van der Waals surface area contributed by atoms with E-state index in [2.05, 4.69) is 43.8 Å². The molecular formula is C44H41Cl2F3N6O2. The predicted octanol–water partition coefficient (Wildman–Crippen LogP) is 11.5. The summed E-state index contributed by atoms with van der Waals surface area (Å²) in [5, 5.41) is 8.39. The van der Waals surface area contributed by atoms with Crippen molar-refractivity contribution in [2.24, 2.45) is 0 Å². The Hall–Kier alpha value is -5.78. The molecule has 2 amide bonds. The van der Waals surface area contributed by atoms with E-state index >= 15 is 0 Å². The molecule has 0 unspecified atom stereocenters. The number of alkyl halides is 3. The van der Waals surface area contributed by atoms with Crippen molar-refractivity contribution in [3.05, 3.63) is 136 Å². The van der Waals surface area contributed by atoms with Crippen LogP contribution < -0.4 is 16.4 Å². The zero-order valence-electron chi connectivity index (χ0n) is 31.7. The molecule has 3 aromatic heterocycles. The zero-order valence-corrected chi connectivity index (χ0v) is 33.2. The van der Waals surface area contributed by atoms with Crippen LogP contribution in [0.1, 0.15) is 55.7 Å². The molecule has 0 bridgehead atoms. The molecule has 0 radical (unpaired) electrons. The minimum atomic E-state index is -3.00. The van der Waals surface area contributed by atoms with Crippen LogP contribution in [0.15, 0.2) is 109 Å². The second kappa shape index (κ2) is 17.2. The maximum absolute atomic E-state index is 13.8. The van der Waals surface area contributed by atoms with E-state index in [0.717, 1.165) is 76.1 Å². The van der Waals surface area contributed by atoms with Crippen LogP contribution in [0.2, 0.25) is 10.0 Å². The van der Waals surface area contributed by atoms with Crippen molar-refractivity contribution in [3.8, 4) is 22.5 Å². The summed E-state index contributed by atoms with van der Waals surface area (Å²) >= 11 is 12.7. The van der Waals surface area contributed by atoms with Gasteiger partial charge in [-0.25, -0.2) is 13.2 Å². The van der Waals surface area contributed by atoms with Crippen molar-refractivity contribution in [2.75, 3.05) is 11.1 Å². The third-order valence-electron chi connectivity index (χ3n) is 9.44. The number of nitrogen functional groups attached to an aromatic ring is 1. The van der Waals surface area contributed by atoms with Gasteiger partial charge in [0.1, 0.15) is 5.69 Å². The van der Waals surface area contributed by atoms with Crippen LogP contribution in [0.4, 0.5) is 24.5 Å². The molecule has 0 spiro atoms. The Bertz CT molecular complexity index is 2600. The Labute approximate surface area is 338 Å². The van der Waals surface area contributed by atoms with E-state index in [0.29, 0.717) is 17.3 Å². The minimum Gasteiger partial charge on any atom is -0.399 e. The molecule has 294 valence electrons. The molecule has 0 atom stereocenters. The molecule has 13 heteroatoms. The second-order valence-electron chi connectivity index (χ2n) is 13.8. The maximum atomic E-state index is 13.8. The fourth-order valence-electron chi connectivity index (χ4n) is 6.67. The number of hydrogen-bond acceptors (Lipinski definition) is 4. The summed E-state index contributed by atoms with van der Waals surface area (Å²) in [6.45, 7) is 7.75. The Balaban J connectivity index is 0.000000240. The third kappa shape index (κ3) is 8.95. The Morgan fingerprint density at radius 3 is 1.86 bits per heavy atom. The smallest absolute Gasteiger partial charge is 0.281 e. The van der Waals surface area contributed by atoms with E-state index in [9.17, 15) is 22.8 Å². The molecule has 7 aromatic rings. The molecular weight excluding hydrogens is 772 g/mol. The number of fused-ring (bicyclic) bond motifs is 2. The van der Waals surface area contributed by atoms with Gasteiger partial charge in [0.25, 0.3) is 18.2 Å². The van der Waals surface area contributed by atoms with E-state index in [1.54, 1.807) is 12.1 Å². The second-order valence-corrected chi connectivity index (χ2v) is 14.6. The van der Waals surface area contributed by atoms with Gasteiger partial charge < -0.3 is 25.5 Å². The molecule has 57 heavy (non-hydrogen) atoms. The highest BCUT2D eigenvalue weighted by Crippen LogP contribution is 2.35. The highest BCUT2D eigenvalue weighted by Gasteiger charge is 2.27. The number of anilines is 2. The summed E-state index contributed by atoms with van der Waals surface area (Å²) < 4.78 is 45.4. The molecule has 3 heterocycles. The summed E-state index contributed by atoms with van der Waals surface area (Å²) in [5.41, 5.74) is 10.2. The van der Waals surface area contributed by atoms with Crippen LogP contribution in [0, 0.1) is 0 Å². The summed E-state index contributed by atoms with van der Waals surface area (Å²) in [5.74, 6) is -1.66. The first-order valence-corrected chi connectivity index (χ1v) is 19.0. The molecule has 0 saturated heterocycles. The third-order valence-corrected chi connectivity index (χ3v) is 10.1. The van der Waals surface area contributed by atoms with Crippen molar-refractivity contribution >= 4 is 68.2 Å². The highest BCUT2D eigenvalue weighted by molar-refractivity contribution is 6.33. The van der Waals surface area contributed by atoms with Gasteiger partial charge in [-0.15, -0.1) is 0 Å². The zero-order chi connectivity index (χ0) is 41.0. The van der Waals surface area contributed by atoms with Gasteiger partial charge in [0.2, 0.25) is 0 Å². The number of rotatable bonds is 10. The molecule has 8 nitrogen and oxygen atoms in total. The largest absolute Gasteiger partial charge is 0.399 e. The van der Waals surface area contributed by atoms with E-state index in [1.807, 2.05) is 79.7 Å². The first-order chi connectivity index (χ1) is 27.2. The van der Waals surface area contributed by atoms with Gasteiger partial charge in [-0.05, 0) is 100.0 Å². The molecule has 0 saturated carbocycles. The van der Waals surface area contributed by atoms with Gasteiger partial charge >= 0.3 is 0 Å². The van der Waals surface area contributed by atoms with Gasteiger partial charge in [-0.3, -0.25) is 14.6 Å². The predicted molar refractivity (Wildman–Crippen MR) is 225 cm³/mol. The van der Waals surface area contributed by atoms with E-state index in [1.165, 1.54) is 11.6 Å². The van der Waals surface area contributed by atoms with Crippen LogP contribution in [-0.4, -0.2) is 31.6 Å². The van der Waals surface area contributed by atoms with Crippen molar-refractivity contribution in [1.82, 2.24) is 19.4 Å². The first-order valence-electron chi connectivity index (χ1n) is 18.3. The molecule has 0 aliphatic carbocycles. The monoisotopic (exact) mass is 812 g/mol. The molecule has 7 rings (SSSR count). The first kappa shape index (κ1) is 40.9. The Morgan fingerprint density at radius 1 is 0.789 bits per heavy atom. The van der Waals surface area contributed by atoms with Gasteiger partial charge in [0.15, 0.2) is 5.67 Å². The molecule has 0 aliphatic rings. The quantitative estimate of drug-likeness (QED) is 0.120. The number of nitrogens with zero attached hydrogens (tertiary/aromatic N) is 3. The summed E-state index contributed by atoms with van der Waals surface area (Å²) in [4.78, 5) is 28.6. The van der Waals surface area contributed by atoms with Crippen LogP contribution in [0.5, 0.6) is 0 Å². The number of carbonyl (C=O) groups is 2. The number of benzene rings is 4. The number of aromatic nitrogens is 3. The SMILES string of the molecule is CCn1c(-c2ccccc2Cl)cc2cc(N)ccc21.CCn1c(-c2ccccc2Cl)cc2cc(NC(=O)c3cc(CNC(=O)C(C)(C)F)cnc3C(F)F)ccc21. The average molecular weight is 814 g/mol. The lowest BCUT2D eigenvalue weighted by atomic mass is 10.1. The van der Waals surface area contributed by atoms with E-state index in [4.69, 9.17) is 28.9 Å². The number of halogens is 5. The number of hydrogen-bond donors (Lipinski definition) is 3. The van der Waals surface area contributed by atoms with Crippen LogP contribution in [0.3, 0.4) is 0 Å². The number of aryl methyl sites for hydroxylation is 2. The van der Waals surface area contributed by atoms with Crippen molar-refractivity contribution < 1.29 is 22.8 Å². The summed E-state index contributed by atoms with van der Waals surface area (Å²) in [7, 11) is 0. The number of pyridine rings is 1. The fraction of sp³-hybridized carbons (Fsp3) is 0.205. The lowest BCUT2D eigenvalue weighted by Crippen LogP contribution is -2.38. The van der Waals surface area contributed by atoms with Crippen LogP contribution >= 0.6 is 23.2 Å². The van der Waals surface area contributed by atoms with Gasteiger partial charge in [0.05, 0.1) is 17.0 Å². The molecule has 4 N–H and O–H groups in total. The fourth-order valence-corrected chi connectivity index (χ4v) is 7.13. The number of nitrogens with one attached hydrogen (secondary N) is 2. The lowest BCUT2D eigenvalue weighted by Gasteiger charge is -2.15. The van der Waals surface area contributed by atoms with Gasteiger partial charge in [-0.1, -0.05) is 59.6 Å². The van der Waals surface area contributed by atoms with E-state index in [-0.39, 0.29) is 17.7 Å². The van der Waals surface area contributed by atoms with E-state index < -0.39 is 29.6 Å². The molecule has 0 aliphatic heterocycles. The minimum absolute atomic E-state index is 0.176. The Kier molecular flexibility index (Phi) is 12.3. The highest BCUT2D eigenvalue weighted by atomic mass is 35.5. The van der Waals surface area contributed by atoms with Crippen molar-refractivity contribution in [2.45, 2.75) is 59.4 Å². The maximum Gasteiger partial charge on any atom is 0.281 e. The van der Waals surface area contributed by atoms with Crippen molar-refractivity contribution in [3.63, 3.8) is 0 Å². The number of carbonyl (C=O) groups excluding carboxylic acids is 2. The molecule has 0 fully saturated rings. The summed E-state index contributed by atoms with van der Waals surface area (Å²) in [6.07, 6.45) is -1.87.